The van der Waals surface area contributed by atoms with Crippen molar-refractivity contribution in [3.8, 4) is 0 Å². The highest BCUT2D eigenvalue weighted by atomic mass is 15.3. The Hall–Kier alpha value is -0.570. The average Bonchev–Trinajstić information content (AvgIpc) is 2.24. The van der Waals surface area contributed by atoms with E-state index in [2.05, 4.69) is 30.6 Å². The van der Waals surface area contributed by atoms with E-state index in [4.69, 9.17) is 5.41 Å². The highest BCUT2D eigenvalue weighted by Gasteiger charge is 2.16. The third-order valence-corrected chi connectivity index (χ3v) is 3.50. The third-order valence-electron chi connectivity index (χ3n) is 3.50. The smallest absolute Gasteiger partial charge is 0.0926 e. The van der Waals surface area contributed by atoms with Crippen LogP contribution in [0, 0.1) is 10.8 Å². The number of unbranched alkanes of at least 4 members (excludes halogenated alkanes) is 1. The summed E-state index contributed by atoms with van der Waals surface area (Å²) in [5.74, 6) is 0.720. The molecule has 1 saturated heterocycles. The van der Waals surface area contributed by atoms with Gasteiger partial charge in [0.2, 0.25) is 0 Å². The first-order valence-electron chi connectivity index (χ1n) is 6.91. The summed E-state index contributed by atoms with van der Waals surface area (Å²) in [6.45, 7) is 14.4. The minimum Gasteiger partial charge on any atom is -0.358 e. The molecule has 0 bridgehead atoms. The van der Waals surface area contributed by atoms with E-state index in [-0.39, 0.29) is 0 Å². The summed E-state index contributed by atoms with van der Waals surface area (Å²) in [5.41, 5.74) is 0.482. The van der Waals surface area contributed by atoms with Crippen LogP contribution in [0.1, 0.15) is 47.0 Å². The standard InChI is InChI=1S/C14H29N3/c1-13(15)17-11-9-16(10-12-17)8-6-5-7-14(2,3)4/h15H,5-12H2,1-4H3. The van der Waals surface area contributed by atoms with Crippen LogP contribution in [0.25, 0.3) is 0 Å². The zero-order valence-corrected chi connectivity index (χ0v) is 12.1. The molecule has 0 aromatic carbocycles. The summed E-state index contributed by atoms with van der Waals surface area (Å²) < 4.78 is 0. The Morgan fingerprint density at radius 2 is 1.65 bits per heavy atom. The van der Waals surface area contributed by atoms with E-state index in [0.717, 1.165) is 32.0 Å². The number of nitrogens with zero attached hydrogens (tertiary/aromatic N) is 2. The summed E-state index contributed by atoms with van der Waals surface area (Å²) in [4.78, 5) is 4.72. The fourth-order valence-corrected chi connectivity index (χ4v) is 2.30. The van der Waals surface area contributed by atoms with Crippen molar-refractivity contribution in [3.05, 3.63) is 0 Å². The van der Waals surface area contributed by atoms with E-state index >= 15 is 0 Å². The lowest BCUT2D eigenvalue weighted by Crippen LogP contribution is -2.48. The van der Waals surface area contributed by atoms with E-state index in [1.54, 1.807) is 0 Å². The maximum atomic E-state index is 7.60. The van der Waals surface area contributed by atoms with Gasteiger partial charge in [-0.2, -0.15) is 0 Å². The predicted octanol–water partition coefficient (Wildman–Crippen LogP) is 2.82. The molecule has 0 radical (unpaired) electrons. The van der Waals surface area contributed by atoms with Crippen molar-refractivity contribution in [2.75, 3.05) is 32.7 Å². The van der Waals surface area contributed by atoms with Crippen LogP contribution in [-0.4, -0.2) is 48.4 Å². The first-order valence-corrected chi connectivity index (χ1v) is 6.91. The molecule has 1 aliphatic heterocycles. The number of amidine groups is 1. The molecule has 3 heteroatoms. The number of nitrogens with one attached hydrogen (secondary N) is 1. The summed E-state index contributed by atoms with van der Waals surface area (Å²) in [7, 11) is 0. The molecule has 3 nitrogen and oxygen atoms in total. The Kier molecular flexibility index (Phi) is 5.44. The second kappa shape index (κ2) is 6.39. The molecule has 0 unspecified atom stereocenters. The minimum absolute atomic E-state index is 0.482. The first-order chi connectivity index (χ1) is 7.88. The minimum atomic E-state index is 0.482. The fourth-order valence-electron chi connectivity index (χ4n) is 2.30. The molecule has 1 heterocycles. The maximum Gasteiger partial charge on any atom is 0.0926 e. The molecule has 0 spiro atoms. The molecule has 0 amide bonds. The number of rotatable bonds is 4. The largest absolute Gasteiger partial charge is 0.358 e. The monoisotopic (exact) mass is 239 g/mol. The summed E-state index contributed by atoms with van der Waals surface area (Å²) in [5, 5.41) is 7.60. The van der Waals surface area contributed by atoms with Gasteiger partial charge in [0, 0.05) is 26.2 Å². The molecule has 0 aromatic heterocycles. The highest BCUT2D eigenvalue weighted by molar-refractivity contribution is 5.76. The molecule has 0 aromatic rings. The van der Waals surface area contributed by atoms with E-state index in [1.165, 1.54) is 25.8 Å². The second-order valence-corrected chi connectivity index (χ2v) is 6.43. The van der Waals surface area contributed by atoms with E-state index in [1.807, 2.05) is 6.92 Å². The molecule has 1 aliphatic rings. The van der Waals surface area contributed by atoms with Crippen LogP contribution < -0.4 is 0 Å². The van der Waals surface area contributed by atoms with Crippen molar-refractivity contribution in [1.29, 1.82) is 5.41 Å². The van der Waals surface area contributed by atoms with Gasteiger partial charge in [-0.3, -0.25) is 10.3 Å². The summed E-state index contributed by atoms with van der Waals surface area (Å²) >= 11 is 0. The summed E-state index contributed by atoms with van der Waals surface area (Å²) in [6.07, 6.45) is 3.99. The molecular formula is C14H29N3. The average molecular weight is 239 g/mol. The van der Waals surface area contributed by atoms with Crippen LogP contribution in [-0.2, 0) is 0 Å². The zero-order valence-electron chi connectivity index (χ0n) is 12.1. The second-order valence-electron chi connectivity index (χ2n) is 6.43. The van der Waals surface area contributed by atoms with Gasteiger partial charge in [-0.05, 0) is 31.7 Å². The SMILES string of the molecule is CC(=N)N1CCN(CCCCC(C)(C)C)CC1. The molecule has 0 aliphatic carbocycles. The van der Waals surface area contributed by atoms with E-state index in [9.17, 15) is 0 Å². The first kappa shape index (κ1) is 14.5. The molecular weight excluding hydrogens is 210 g/mol. The molecule has 0 saturated carbocycles. The van der Waals surface area contributed by atoms with Crippen LogP contribution in [0.4, 0.5) is 0 Å². The van der Waals surface area contributed by atoms with Gasteiger partial charge >= 0.3 is 0 Å². The quantitative estimate of drug-likeness (QED) is 0.464. The topological polar surface area (TPSA) is 30.3 Å². The van der Waals surface area contributed by atoms with Gasteiger partial charge in [-0.25, -0.2) is 0 Å². The van der Waals surface area contributed by atoms with Crippen molar-refractivity contribution < 1.29 is 0 Å². The van der Waals surface area contributed by atoms with Crippen LogP contribution in [0.15, 0.2) is 0 Å². The number of hydrogen-bond donors (Lipinski definition) is 1. The summed E-state index contributed by atoms with van der Waals surface area (Å²) in [6, 6.07) is 0. The molecule has 1 rings (SSSR count). The van der Waals surface area contributed by atoms with Gasteiger partial charge in [0.15, 0.2) is 0 Å². The Morgan fingerprint density at radius 1 is 1.06 bits per heavy atom. The maximum absolute atomic E-state index is 7.60. The fraction of sp³-hybridized carbons (Fsp3) is 0.929. The Bertz CT molecular complexity index is 234. The van der Waals surface area contributed by atoms with Crippen LogP contribution in [0.5, 0.6) is 0 Å². The molecule has 100 valence electrons. The predicted molar refractivity (Wildman–Crippen MR) is 74.7 cm³/mol. The van der Waals surface area contributed by atoms with Crippen LogP contribution in [0.2, 0.25) is 0 Å². The van der Waals surface area contributed by atoms with Gasteiger partial charge in [0.1, 0.15) is 0 Å². The van der Waals surface area contributed by atoms with Crippen molar-refractivity contribution in [2.45, 2.75) is 47.0 Å². The van der Waals surface area contributed by atoms with Gasteiger partial charge in [0.25, 0.3) is 0 Å². The lowest BCUT2D eigenvalue weighted by Gasteiger charge is -2.35. The van der Waals surface area contributed by atoms with Crippen LogP contribution in [0.3, 0.4) is 0 Å². The Balaban J connectivity index is 2.09. The van der Waals surface area contributed by atoms with Crippen molar-refractivity contribution in [3.63, 3.8) is 0 Å². The van der Waals surface area contributed by atoms with E-state index in [0.29, 0.717) is 5.41 Å². The molecule has 0 atom stereocenters. The molecule has 1 fully saturated rings. The van der Waals surface area contributed by atoms with Crippen molar-refractivity contribution in [1.82, 2.24) is 9.80 Å². The number of hydrogen-bond acceptors (Lipinski definition) is 2. The number of piperazine rings is 1. The van der Waals surface area contributed by atoms with Crippen molar-refractivity contribution >= 4 is 5.84 Å². The Morgan fingerprint density at radius 3 is 2.12 bits per heavy atom. The molecule has 17 heavy (non-hydrogen) atoms. The Labute approximate surface area is 107 Å². The van der Waals surface area contributed by atoms with Crippen molar-refractivity contribution in [2.24, 2.45) is 5.41 Å². The highest BCUT2D eigenvalue weighted by Crippen LogP contribution is 2.21. The normalized spacial score (nSPS) is 18.5. The van der Waals surface area contributed by atoms with Gasteiger partial charge in [0.05, 0.1) is 5.84 Å². The lowest BCUT2D eigenvalue weighted by molar-refractivity contribution is 0.176. The zero-order chi connectivity index (χ0) is 12.9. The van der Waals surface area contributed by atoms with E-state index < -0.39 is 0 Å². The van der Waals surface area contributed by atoms with Gasteiger partial charge in [-0.15, -0.1) is 0 Å². The third kappa shape index (κ3) is 6.06. The molecule has 1 N–H and O–H groups in total. The lowest BCUT2D eigenvalue weighted by atomic mass is 9.90. The van der Waals surface area contributed by atoms with Gasteiger partial charge < -0.3 is 4.90 Å². The van der Waals surface area contributed by atoms with Crippen LogP contribution >= 0.6 is 0 Å². The van der Waals surface area contributed by atoms with Gasteiger partial charge in [-0.1, -0.05) is 27.2 Å².